The van der Waals surface area contributed by atoms with Gasteiger partial charge < -0.3 is 10.1 Å². The van der Waals surface area contributed by atoms with Crippen molar-refractivity contribution >= 4 is 0 Å². The van der Waals surface area contributed by atoms with Crippen molar-refractivity contribution in [2.45, 2.75) is 19.6 Å². The molecule has 0 saturated heterocycles. The summed E-state index contributed by atoms with van der Waals surface area (Å²) in [4.78, 5) is 0. The van der Waals surface area contributed by atoms with E-state index in [1.54, 1.807) is 18.2 Å². The first kappa shape index (κ1) is 14.5. The van der Waals surface area contributed by atoms with Crippen LogP contribution in [-0.2, 0) is 6.61 Å². The fraction of sp³-hybridized carbons (Fsp3) is 0.250. The van der Waals surface area contributed by atoms with Crippen molar-refractivity contribution in [3.05, 3.63) is 65.2 Å². The molecule has 0 aliphatic rings. The fourth-order valence-electron chi connectivity index (χ4n) is 1.93. The van der Waals surface area contributed by atoms with Crippen LogP contribution in [0, 0.1) is 11.6 Å². The average Bonchev–Trinajstić information content (AvgIpc) is 2.44. The molecule has 0 radical (unpaired) electrons. The van der Waals surface area contributed by atoms with Gasteiger partial charge in [0.2, 0.25) is 0 Å². The standard InChI is InChI=1S/C16H17F2NO/c1-11(19-2)15-7-6-14(18)9-16(15)20-10-12-4-3-5-13(17)8-12/h3-9,11,19H,10H2,1-2H3. The van der Waals surface area contributed by atoms with Crippen molar-refractivity contribution in [2.24, 2.45) is 0 Å². The van der Waals surface area contributed by atoms with E-state index in [9.17, 15) is 8.78 Å². The van der Waals surface area contributed by atoms with Crippen LogP contribution in [0.3, 0.4) is 0 Å². The van der Waals surface area contributed by atoms with Gasteiger partial charge in [-0.1, -0.05) is 18.2 Å². The second kappa shape index (κ2) is 6.48. The highest BCUT2D eigenvalue weighted by atomic mass is 19.1. The molecule has 0 fully saturated rings. The molecule has 0 aliphatic carbocycles. The highest BCUT2D eigenvalue weighted by molar-refractivity contribution is 5.36. The minimum absolute atomic E-state index is 0.0399. The molecule has 2 nitrogen and oxygen atoms in total. The van der Waals surface area contributed by atoms with Gasteiger partial charge in [0.25, 0.3) is 0 Å². The van der Waals surface area contributed by atoms with Crippen molar-refractivity contribution < 1.29 is 13.5 Å². The summed E-state index contributed by atoms with van der Waals surface area (Å²) in [5.74, 6) is -0.198. The zero-order valence-electron chi connectivity index (χ0n) is 11.5. The summed E-state index contributed by atoms with van der Waals surface area (Å²) in [5.41, 5.74) is 1.57. The Balaban J connectivity index is 2.18. The van der Waals surface area contributed by atoms with Gasteiger partial charge in [-0.15, -0.1) is 0 Å². The lowest BCUT2D eigenvalue weighted by atomic mass is 10.1. The summed E-state index contributed by atoms with van der Waals surface area (Å²) >= 11 is 0. The van der Waals surface area contributed by atoms with Gasteiger partial charge in [0.1, 0.15) is 24.0 Å². The Morgan fingerprint density at radius 2 is 1.85 bits per heavy atom. The number of nitrogens with one attached hydrogen (secondary N) is 1. The van der Waals surface area contributed by atoms with Crippen LogP contribution in [0.1, 0.15) is 24.1 Å². The molecule has 2 rings (SSSR count). The third-order valence-corrected chi connectivity index (χ3v) is 3.16. The highest BCUT2D eigenvalue weighted by Gasteiger charge is 2.11. The predicted molar refractivity (Wildman–Crippen MR) is 74.6 cm³/mol. The molecule has 1 N–H and O–H groups in total. The quantitative estimate of drug-likeness (QED) is 0.897. The molecular formula is C16H17F2NO. The van der Waals surface area contributed by atoms with Gasteiger partial charge in [0.15, 0.2) is 0 Å². The molecule has 0 heterocycles. The lowest BCUT2D eigenvalue weighted by molar-refractivity contribution is 0.298. The van der Waals surface area contributed by atoms with E-state index in [0.29, 0.717) is 11.3 Å². The van der Waals surface area contributed by atoms with Gasteiger partial charge in [0, 0.05) is 17.7 Å². The summed E-state index contributed by atoms with van der Waals surface area (Å²) in [5, 5.41) is 3.09. The summed E-state index contributed by atoms with van der Waals surface area (Å²) in [7, 11) is 1.82. The monoisotopic (exact) mass is 277 g/mol. The number of hydrogen-bond donors (Lipinski definition) is 1. The average molecular weight is 277 g/mol. The van der Waals surface area contributed by atoms with Crippen LogP contribution >= 0.6 is 0 Å². The van der Waals surface area contributed by atoms with Gasteiger partial charge in [0.05, 0.1) is 0 Å². The second-order valence-corrected chi connectivity index (χ2v) is 4.61. The molecule has 0 aromatic heterocycles. The maximum absolute atomic E-state index is 13.3. The van der Waals surface area contributed by atoms with E-state index in [4.69, 9.17) is 4.74 Å². The SMILES string of the molecule is CNC(C)c1ccc(F)cc1OCc1cccc(F)c1. The molecule has 2 aromatic rings. The summed E-state index contributed by atoms with van der Waals surface area (Å²) in [6, 6.07) is 10.7. The molecule has 4 heteroatoms. The molecule has 0 spiro atoms. The van der Waals surface area contributed by atoms with Gasteiger partial charge in [-0.25, -0.2) is 8.78 Å². The van der Waals surface area contributed by atoms with Gasteiger partial charge in [-0.2, -0.15) is 0 Å². The molecule has 106 valence electrons. The molecule has 1 atom stereocenters. The zero-order chi connectivity index (χ0) is 14.5. The van der Waals surface area contributed by atoms with Crippen molar-refractivity contribution in [3.63, 3.8) is 0 Å². The summed E-state index contributed by atoms with van der Waals surface area (Å²) in [6.07, 6.45) is 0. The molecule has 0 aliphatic heterocycles. The minimum atomic E-state index is -0.355. The third-order valence-electron chi connectivity index (χ3n) is 3.16. The van der Waals surface area contributed by atoms with Gasteiger partial charge >= 0.3 is 0 Å². The molecule has 20 heavy (non-hydrogen) atoms. The maximum Gasteiger partial charge on any atom is 0.127 e. The molecule has 0 bridgehead atoms. The number of rotatable bonds is 5. The molecule has 2 aromatic carbocycles. The Bertz CT molecular complexity index is 586. The van der Waals surface area contributed by atoms with Crippen LogP contribution in [0.2, 0.25) is 0 Å². The second-order valence-electron chi connectivity index (χ2n) is 4.61. The van der Waals surface area contributed by atoms with E-state index in [-0.39, 0.29) is 24.3 Å². The normalized spacial score (nSPS) is 12.2. The van der Waals surface area contributed by atoms with E-state index in [1.807, 2.05) is 14.0 Å². The van der Waals surface area contributed by atoms with Crippen LogP contribution < -0.4 is 10.1 Å². The van der Waals surface area contributed by atoms with Crippen molar-refractivity contribution in [3.8, 4) is 5.75 Å². The first-order chi connectivity index (χ1) is 9.60. The number of hydrogen-bond acceptors (Lipinski definition) is 2. The van der Waals surface area contributed by atoms with E-state index in [0.717, 1.165) is 5.56 Å². The summed E-state index contributed by atoms with van der Waals surface area (Å²) < 4.78 is 32.1. The minimum Gasteiger partial charge on any atom is -0.488 e. The Labute approximate surface area is 117 Å². The Morgan fingerprint density at radius 3 is 2.55 bits per heavy atom. The van der Waals surface area contributed by atoms with E-state index < -0.39 is 0 Å². The van der Waals surface area contributed by atoms with E-state index in [2.05, 4.69) is 5.32 Å². The Hall–Kier alpha value is -1.94. The zero-order valence-corrected chi connectivity index (χ0v) is 11.5. The van der Waals surface area contributed by atoms with Crippen LogP contribution in [-0.4, -0.2) is 7.05 Å². The first-order valence-corrected chi connectivity index (χ1v) is 6.44. The topological polar surface area (TPSA) is 21.3 Å². The third kappa shape index (κ3) is 3.54. The summed E-state index contributed by atoms with van der Waals surface area (Å²) in [6.45, 7) is 2.16. The van der Waals surface area contributed by atoms with Crippen LogP contribution in [0.4, 0.5) is 8.78 Å². The maximum atomic E-state index is 13.3. The number of halogens is 2. The molecular weight excluding hydrogens is 260 g/mol. The van der Waals surface area contributed by atoms with Crippen LogP contribution in [0.25, 0.3) is 0 Å². The van der Waals surface area contributed by atoms with Gasteiger partial charge in [-0.3, -0.25) is 0 Å². The first-order valence-electron chi connectivity index (χ1n) is 6.44. The van der Waals surface area contributed by atoms with Crippen LogP contribution in [0.5, 0.6) is 5.75 Å². The lowest BCUT2D eigenvalue weighted by Gasteiger charge is -2.16. The Kier molecular flexibility index (Phi) is 4.69. The number of benzene rings is 2. The fourth-order valence-corrected chi connectivity index (χ4v) is 1.93. The smallest absolute Gasteiger partial charge is 0.127 e. The van der Waals surface area contributed by atoms with Crippen molar-refractivity contribution in [2.75, 3.05) is 7.05 Å². The van der Waals surface area contributed by atoms with E-state index in [1.165, 1.54) is 24.3 Å². The van der Waals surface area contributed by atoms with Gasteiger partial charge in [-0.05, 0) is 37.7 Å². The highest BCUT2D eigenvalue weighted by Crippen LogP contribution is 2.26. The Morgan fingerprint density at radius 1 is 1.10 bits per heavy atom. The van der Waals surface area contributed by atoms with E-state index >= 15 is 0 Å². The lowest BCUT2D eigenvalue weighted by Crippen LogP contribution is -2.14. The number of ether oxygens (including phenoxy) is 1. The molecule has 0 amide bonds. The predicted octanol–water partition coefficient (Wildman–Crippen LogP) is 3.82. The molecule has 1 unspecified atom stereocenters. The van der Waals surface area contributed by atoms with Crippen molar-refractivity contribution in [1.82, 2.24) is 5.32 Å². The van der Waals surface area contributed by atoms with Crippen molar-refractivity contribution in [1.29, 1.82) is 0 Å². The van der Waals surface area contributed by atoms with Crippen LogP contribution in [0.15, 0.2) is 42.5 Å². The molecule has 0 saturated carbocycles. The largest absolute Gasteiger partial charge is 0.488 e.